The monoisotopic (exact) mass is 320 g/mol. The molecule has 1 amide bonds. The molecule has 0 unspecified atom stereocenters. The molecule has 1 atom stereocenters. The summed E-state index contributed by atoms with van der Waals surface area (Å²) in [6, 6.07) is 5.87. The molecule has 3 rings (SSSR count). The van der Waals surface area contributed by atoms with E-state index in [1.807, 2.05) is 39.1 Å². The Kier molecular flexibility index (Phi) is 4.50. The first-order chi connectivity index (χ1) is 11.0. The number of benzene rings is 1. The van der Waals surface area contributed by atoms with Gasteiger partial charge in [-0.2, -0.15) is 0 Å². The number of fused-ring (bicyclic) bond motifs is 1. The van der Waals surface area contributed by atoms with Gasteiger partial charge >= 0.3 is 6.09 Å². The zero-order valence-electron chi connectivity index (χ0n) is 13.9. The van der Waals surface area contributed by atoms with E-state index in [9.17, 15) is 4.79 Å². The van der Waals surface area contributed by atoms with Crippen molar-refractivity contribution < 1.29 is 19.0 Å². The van der Waals surface area contributed by atoms with E-state index < -0.39 is 0 Å². The standard InChI is InChI=1S/C17H24N2O4/c1-12(2)22-17(20)19-7-6-14(11-19)23-13-4-5-16-15(10-13)18(3)8-9-21-16/h4-5,10,12,14H,6-9,11H2,1-3H3/t14-/m0/s1. The maximum Gasteiger partial charge on any atom is 0.410 e. The summed E-state index contributed by atoms with van der Waals surface area (Å²) in [6.07, 6.45) is 0.460. The van der Waals surface area contributed by atoms with Crippen molar-refractivity contribution in [3.8, 4) is 11.5 Å². The van der Waals surface area contributed by atoms with Crippen molar-refractivity contribution in [1.29, 1.82) is 0 Å². The number of hydrogen-bond donors (Lipinski definition) is 0. The molecule has 2 aliphatic rings. The first-order valence-corrected chi connectivity index (χ1v) is 8.13. The van der Waals surface area contributed by atoms with Crippen LogP contribution in [0.5, 0.6) is 11.5 Å². The molecule has 6 heteroatoms. The molecule has 0 aliphatic carbocycles. The van der Waals surface area contributed by atoms with E-state index in [1.54, 1.807) is 4.90 Å². The lowest BCUT2D eigenvalue weighted by molar-refractivity contribution is 0.0798. The van der Waals surface area contributed by atoms with Crippen LogP contribution in [-0.4, -0.2) is 56.5 Å². The number of likely N-dealkylation sites (N-methyl/N-ethyl adjacent to an activating group) is 1. The largest absolute Gasteiger partial charge is 0.490 e. The van der Waals surface area contributed by atoms with Gasteiger partial charge in [0.15, 0.2) is 0 Å². The predicted molar refractivity (Wildman–Crippen MR) is 87.4 cm³/mol. The molecule has 126 valence electrons. The van der Waals surface area contributed by atoms with Gasteiger partial charge in [0, 0.05) is 26.1 Å². The van der Waals surface area contributed by atoms with Crippen molar-refractivity contribution in [1.82, 2.24) is 4.90 Å². The molecular formula is C17H24N2O4. The fraction of sp³-hybridized carbons (Fsp3) is 0.588. The molecule has 1 aromatic carbocycles. The second-order valence-corrected chi connectivity index (χ2v) is 6.31. The summed E-state index contributed by atoms with van der Waals surface area (Å²) < 4.78 is 16.9. The topological polar surface area (TPSA) is 51.2 Å². The lowest BCUT2D eigenvalue weighted by Crippen LogP contribution is -2.33. The third-order valence-corrected chi connectivity index (χ3v) is 4.07. The molecule has 1 fully saturated rings. The zero-order valence-corrected chi connectivity index (χ0v) is 13.9. The van der Waals surface area contributed by atoms with Crippen molar-refractivity contribution in [2.75, 3.05) is 38.2 Å². The van der Waals surface area contributed by atoms with Crippen LogP contribution in [0.15, 0.2) is 18.2 Å². The lowest BCUT2D eigenvalue weighted by atomic mass is 10.2. The highest BCUT2D eigenvalue weighted by Crippen LogP contribution is 2.34. The third kappa shape index (κ3) is 3.63. The molecule has 2 heterocycles. The van der Waals surface area contributed by atoms with Gasteiger partial charge in [-0.25, -0.2) is 4.79 Å². The summed E-state index contributed by atoms with van der Waals surface area (Å²) >= 11 is 0. The van der Waals surface area contributed by atoms with E-state index in [0.717, 1.165) is 30.2 Å². The minimum atomic E-state index is -0.260. The van der Waals surface area contributed by atoms with Crippen molar-refractivity contribution in [3.05, 3.63) is 18.2 Å². The van der Waals surface area contributed by atoms with Gasteiger partial charge in [0.25, 0.3) is 0 Å². The summed E-state index contributed by atoms with van der Waals surface area (Å²) in [5.74, 6) is 1.70. The lowest BCUT2D eigenvalue weighted by Gasteiger charge is -2.28. The van der Waals surface area contributed by atoms with Crippen LogP contribution in [0.4, 0.5) is 10.5 Å². The van der Waals surface area contributed by atoms with E-state index >= 15 is 0 Å². The number of hydrogen-bond acceptors (Lipinski definition) is 5. The summed E-state index contributed by atoms with van der Waals surface area (Å²) in [6.45, 7) is 6.52. The molecule has 23 heavy (non-hydrogen) atoms. The van der Waals surface area contributed by atoms with E-state index in [1.165, 1.54) is 0 Å². The SMILES string of the molecule is CC(C)OC(=O)N1CC[C@H](Oc2ccc3c(c2)N(C)CCO3)C1. The minimum Gasteiger partial charge on any atom is -0.490 e. The van der Waals surface area contributed by atoms with Crippen molar-refractivity contribution in [3.63, 3.8) is 0 Å². The van der Waals surface area contributed by atoms with Crippen LogP contribution in [0.1, 0.15) is 20.3 Å². The Morgan fingerprint density at radius 3 is 2.96 bits per heavy atom. The van der Waals surface area contributed by atoms with Crippen molar-refractivity contribution in [2.45, 2.75) is 32.5 Å². The van der Waals surface area contributed by atoms with Gasteiger partial charge < -0.3 is 24.0 Å². The Morgan fingerprint density at radius 1 is 1.35 bits per heavy atom. The van der Waals surface area contributed by atoms with Gasteiger partial charge in [0.2, 0.25) is 0 Å². The molecule has 0 radical (unpaired) electrons. The highest BCUT2D eigenvalue weighted by Gasteiger charge is 2.29. The van der Waals surface area contributed by atoms with Gasteiger partial charge in [0.1, 0.15) is 24.2 Å². The average molecular weight is 320 g/mol. The van der Waals surface area contributed by atoms with Crippen LogP contribution in [0.2, 0.25) is 0 Å². The third-order valence-electron chi connectivity index (χ3n) is 4.07. The fourth-order valence-electron chi connectivity index (χ4n) is 2.86. The summed E-state index contributed by atoms with van der Waals surface area (Å²) in [5, 5.41) is 0. The van der Waals surface area contributed by atoms with E-state index in [-0.39, 0.29) is 18.3 Å². The van der Waals surface area contributed by atoms with E-state index in [2.05, 4.69) is 4.90 Å². The molecule has 1 aromatic rings. The van der Waals surface area contributed by atoms with Crippen LogP contribution in [0, 0.1) is 0 Å². The van der Waals surface area contributed by atoms with Crippen molar-refractivity contribution >= 4 is 11.8 Å². The molecule has 0 aromatic heterocycles. The first-order valence-electron chi connectivity index (χ1n) is 8.13. The smallest absolute Gasteiger partial charge is 0.410 e. The fourth-order valence-corrected chi connectivity index (χ4v) is 2.86. The maximum absolute atomic E-state index is 11.9. The molecular weight excluding hydrogens is 296 g/mol. The Morgan fingerprint density at radius 2 is 2.17 bits per heavy atom. The van der Waals surface area contributed by atoms with E-state index in [0.29, 0.717) is 19.7 Å². The molecule has 0 saturated carbocycles. The zero-order chi connectivity index (χ0) is 16.4. The van der Waals surface area contributed by atoms with E-state index in [4.69, 9.17) is 14.2 Å². The molecule has 0 spiro atoms. The van der Waals surface area contributed by atoms with Crippen molar-refractivity contribution in [2.24, 2.45) is 0 Å². The first kappa shape index (κ1) is 15.8. The molecule has 6 nitrogen and oxygen atoms in total. The maximum atomic E-state index is 11.9. The van der Waals surface area contributed by atoms with Crippen LogP contribution in [0.25, 0.3) is 0 Å². The number of carbonyl (C=O) groups excluding carboxylic acids is 1. The summed E-state index contributed by atoms with van der Waals surface area (Å²) in [7, 11) is 2.05. The highest BCUT2D eigenvalue weighted by molar-refractivity contribution is 5.68. The molecule has 2 aliphatic heterocycles. The number of rotatable bonds is 3. The quantitative estimate of drug-likeness (QED) is 0.856. The van der Waals surface area contributed by atoms with Crippen LogP contribution < -0.4 is 14.4 Å². The number of nitrogens with zero attached hydrogens (tertiary/aromatic N) is 2. The number of carbonyl (C=O) groups is 1. The Hall–Kier alpha value is -2.11. The highest BCUT2D eigenvalue weighted by atomic mass is 16.6. The summed E-state index contributed by atoms with van der Waals surface area (Å²) in [4.78, 5) is 15.8. The molecule has 0 N–H and O–H groups in total. The van der Waals surface area contributed by atoms with Gasteiger partial charge in [-0.3, -0.25) is 0 Å². The second kappa shape index (κ2) is 6.56. The second-order valence-electron chi connectivity index (χ2n) is 6.31. The van der Waals surface area contributed by atoms with Gasteiger partial charge in [-0.05, 0) is 26.0 Å². The Labute approximate surface area is 136 Å². The molecule has 1 saturated heterocycles. The van der Waals surface area contributed by atoms with Crippen LogP contribution >= 0.6 is 0 Å². The summed E-state index contributed by atoms with van der Waals surface area (Å²) in [5.41, 5.74) is 1.04. The number of ether oxygens (including phenoxy) is 3. The Balaban J connectivity index is 1.60. The number of amides is 1. The number of likely N-dealkylation sites (tertiary alicyclic amines) is 1. The molecule has 0 bridgehead atoms. The Bertz CT molecular complexity index is 576. The average Bonchev–Trinajstić information content (AvgIpc) is 2.96. The normalized spacial score (nSPS) is 20.3. The number of anilines is 1. The minimum absolute atomic E-state index is 0.00239. The van der Waals surface area contributed by atoms with Crippen LogP contribution in [-0.2, 0) is 4.74 Å². The predicted octanol–water partition coefficient (Wildman–Crippen LogP) is 2.51. The van der Waals surface area contributed by atoms with Crippen LogP contribution in [0.3, 0.4) is 0 Å². The van der Waals surface area contributed by atoms with Gasteiger partial charge in [-0.1, -0.05) is 0 Å². The van der Waals surface area contributed by atoms with Gasteiger partial charge in [-0.15, -0.1) is 0 Å². The van der Waals surface area contributed by atoms with Gasteiger partial charge in [0.05, 0.1) is 24.9 Å².